The van der Waals surface area contributed by atoms with Crippen molar-refractivity contribution in [1.82, 2.24) is 5.32 Å². The molecule has 1 aliphatic carbocycles. The van der Waals surface area contributed by atoms with Crippen LogP contribution in [0.15, 0.2) is 15.9 Å². The van der Waals surface area contributed by atoms with E-state index < -0.39 is 0 Å². The number of nitrogens with two attached hydrogens (primary N) is 1. The molecule has 1 amide bonds. The van der Waals surface area contributed by atoms with Crippen LogP contribution in [-0.2, 0) is 11.3 Å². The molecule has 0 aromatic carbocycles. The topological polar surface area (TPSA) is 55.1 Å². The Kier molecular flexibility index (Phi) is 3.90. The van der Waals surface area contributed by atoms with Gasteiger partial charge < -0.3 is 11.1 Å². The number of thiophene rings is 1. The van der Waals surface area contributed by atoms with E-state index in [1.54, 1.807) is 11.3 Å². The van der Waals surface area contributed by atoms with E-state index in [0.29, 0.717) is 6.54 Å². The van der Waals surface area contributed by atoms with Crippen LogP contribution in [0.5, 0.6) is 0 Å². The fourth-order valence-corrected chi connectivity index (χ4v) is 3.68. The van der Waals surface area contributed by atoms with Gasteiger partial charge in [0.05, 0.1) is 12.0 Å². The second-order valence-corrected chi connectivity index (χ2v) is 6.74. The molecule has 1 saturated carbocycles. The fraction of sp³-hybridized carbons (Fsp3) is 0.583. The summed E-state index contributed by atoms with van der Waals surface area (Å²) in [6.07, 6.45) is 2.90. The van der Waals surface area contributed by atoms with Crippen LogP contribution in [0.4, 0.5) is 0 Å². The van der Waals surface area contributed by atoms with Crippen LogP contribution < -0.4 is 11.1 Å². The lowest BCUT2D eigenvalue weighted by atomic mass is 9.84. The van der Waals surface area contributed by atoms with E-state index in [2.05, 4.69) is 21.2 Å². The Labute approximate surface area is 114 Å². The molecule has 1 aromatic rings. The van der Waals surface area contributed by atoms with Crippen molar-refractivity contribution in [2.24, 2.45) is 11.1 Å². The van der Waals surface area contributed by atoms with Crippen LogP contribution in [0.1, 0.15) is 31.1 Å². The maximum atomic E-state index is 12.2. The molecule has 0 aliphatic heterocycles. The van der Waals surface area contributed by atoms with Crippen LogP contribution in [0.2, 0.25) is 0 Å². The summed E-state index contributed by atoms with van der Waals surface area (Å²) in [5.74, 6) is 0.0898. The third-order valence-electron chi connectivity index (χ3n) is 3.59. The number of amides is 1. The molecule has 2 rings (SSSR count). The first-order valence-corrected chi connectivity index (χ1v) is 7.46. The van der Waals surface area contributed by atoms with Gasteiger partial charge in [-0.2, -0.15) is 0 Å². The first kappa shape index (κ1) is 13.1. The maximum Gasteiger partial charge on any atom is 0.227 e. The Morgan fingerprint density at radius 3 is 3.06 bits per heavy atom. The summed E-state index contributed by atoms with van der Waals surface area (Å²) in [6.45, 7) is 2.57. The lowest BCUT2D eigenvalue weighted by Crippen LogP contribution is -2.47. The van der Waals surface area contributed by atoms with Crippen molar-refractivity contribution in [2.75, 3.05) is 0 Å². The highest BCUT2D eigenvalue weighted by atomic mass is 79.9. The van der Waals surface area contributed by atoms with Gasteiger partial charge in [0.25, 0.3) is 0 Å². The average molecular weight is 317 g/mol. The van der Waals surface area contributed by atoms with E-state index >= 15 is 0 Å². The largest absolute Gasteiger partial charge is 0.351 e. The number of halogens is 1. The maximum absolute atomic E-state index is 12.2. The van der Waals surface area contributed by atoms with E-state index in [1.807, 2.05) is 18.4 Å². The van der Waals surface area contributed by atoms with Crippen molar-refractivity contribution in [3.8, 4) is 0 Å². The molecular weight excluding hydrogens is 300 g/mol. The van der Waals surface area contributed by atoms with Gasteiger partial charge in [-0.3, -0.25) is 4.79 Å². The van der Waals surface area contributed by atoms with E-state index in [0.717, 1.165) is 28.6 Å². The van der Waals surface area contributed by atoms with Crippen LogP contribution in [0.3, 0.4) is 0 Å². The smallest absolute Gasteiger partial charge is 0.227 e. The minimum absolute atomic E-state index is 0.00225. The number of hydrogen-bond donors (Lipinski definition) is 2. The highest BCUT2D eigenvalue weighted by Gasteiger charge is 2.42. The normalized spacial score (nSPS) is 28.3. The first-order valence-electron chi connectivity index (χ1n) is 5.79. The van der Waals surface area contributed by atoms with Crippen molar-refractivity contribution < 1.29 is 4.79 Å². The molecule has 0 spiro atoms. The zero-order valence-electron chi connectivity index (χ0n) is 9.83. The Hall–Kier alpha value is -0.390. The van der Waals surface area contributed by atoms with Crippen LogP contribution in [0, 0.1) is 5.41 Å². The average Bonchev–Trinajstić information content (AvgIpc) is 2.84. The predicted molar refractivity (Wildman–Crippen MR) is 73.8 cm³/mol. The molecule has 5 heteroatoms. The van der Waals surface area contributed by atoms with Gasteiger partial charge in [0.15, 0.2) is 0 Å². The van der Waals surface area contributed by atoms with Gasteiger partial charge in [0.1, 0.15) is 0 Å². The zero-order chi connectivity index (χ0) is 12.5. The third-order valence-corrected chi connectivity index (χ3v) is 5.29. The van der Waals surface area contributed by atoms with E-state index in [1.165, 1.54) is 0 Å². The molecule has 0 radical (unpaired) electrons. The summed E-state index contributed by atoms with van der Waals surface area (Å²) in [5, 5.41) is 5.01. The molecule has 3 N–H and O–H groups in total. The molecule has 2 atom stereocenters. The molecular formula is C12H17BrN2OS. The molecule has 1 heterocycles. The minimum Gasteiger partial charge on any atom is -0.351 e. The first-order chi connectivity index (χ1) is 8.02. The molecule has 3 nitrogen and oxygen atoms in total. The van der Waals surface area contributed by atoms with Gasteiger partial charge in [0, 0.05) is 20.8 Å². The second kappa shape index (κ2) is 5.08. The monoisotopic (exact) mass is 316 g/mol. The van der Waals surface area contributed by atoms with Crippen molar-refractivity contribution in [3.63, 3.8) is 0 Å². The molecule has 17 heavy (non-hydrogen) atoms. The van der Waals surface area contributed by atoms with E-state index in [-0.39, 0.29) is 17.4 Å². The number of hydrogen-bond acceptors (Lipinski definition) is 3. The number of carbonyl (C=O) groups excluding carboxylic acids is 1. The number of nitrogens with one attached hydrogen (secondary N) is 1. The van der Waals surface area contributed by atoms with E-state index in [9.17, 15) is 4.79 Å². The fourth-order valence-electron chi connectivity index (χ4n) is 2.29. The lowest BCUT2D eigenvalue weighted by Gasteiger charge is -2.27. The van der Waals surface area contributed by atoms with Crippen LogP contribution in [0.25, 0.3) is 0 Å². The molecule has 1 fully saturated rings. The SMILES string of the molecule is CC1(C(=O)NCc2cc(Br)cs2)CCCC1N. The summed E-state index contributed by atoms with van der Waals surface area (Å²) in [7, 11) is 0. The summed E-state index contributed by atoms with van der Waals surface area (Å²) in [5.41, 5.74) is 5.64. The Morgan fingerprint density at radius 2 is 2.53 bits per heavy atom. The Balaban J connectivity index is 1.93. The van der Waals surface area contributed by atoms with Crippen molar-refractivity contribution in [1.29, 1.82) is 0 Å². The van der Waals surface area contributed by atoms with Crippen LogP contribution >= 0.6 is 27.3 Å². The molecule has 2 unspecified atom stereocenters. The summed E-state index contributed by atoms with van der Waals surface area (Å²) in [4.78, 5) is 13.3. The predicted octanol–water partition coefficient (Wildman–Crippen LogP) is 2.64. The van der Waals surface area contributed by atoms with Crippen molar-refractivity contribution in [3.05, 3.63) is 20.8 Å². The molecule has 94 valence electrons. The van der Waals surface area contributed by atoms with Gasteiger partial charge in [-0.1, -0.05) is 6.42 Å². The third kappa shape index (κ3) is 2.72. The highest BCUT2D eigenvalue weighted by molar-refractivity contribution is 9.10. The van der Waals surface area contributed by atoms with Crippen molar-refractivity contribution >= 4 is 33.2 Å². The lowest BCUT2D eigenvalue weighted by molar-refractivity contribution is -0.130. The van der Waals surface area contributed by atoms with Crippen LogP contribution in [-0.4, -0.2) is 11.9 Å². The quantitative estimate of drug-likeness (QED) is 0.900. The number of carbonyl (C=O) groups is 1. The van der Waals surface area contributed by atoms with E-state index in [4.69, 9.17) is 5.73 Å². The Morgan fingerprint density at radius 1 is 1.76 bits per heavy atom. The minimum atomic E-state index is -0.380. The van der Waals surface area contributed by atoms with Gasteiger partial charge in [-0.15, -0.1) is 11.3 Å². The second-order valence-electron chi connectivity index (χ2n) is 4.83. The van der Waals surface area contributed by atoms with Crippen molar-refractivity contribution in [2.45, 2.75) is 38.8 Å². The molecule has 0 saturated heterocycles. The summed E-state index contributed by atoms with van der Waals surface area (Å²) >= 11 is 5.04. The highest BCUT2D eigenvalue weighted by Crippen LogP contribution is 2.36. The molecule has 0 bridgehead atoms. The number of rotatable bonds is 3. The molecule has 1 aromatic heterocycles. The molecule has 1 aliphatic rings. The summed E-state index contributed by atoms with van der Waals surface area (Å²) in [6, 6.07) is 2.03. The van der Waals surface area contributed by atoms with Gasteiger partial charge >= 0.3 is 0 Å². The summed E-state index contributed by atoms with van der Waals surface area (Å²) < 4.78 is 1.07. The zero-order valence-corrected chi connectivity index (χ0v) is 12.2. The van der Waals surface area contributed by atoms with Gasteiger partial charge in [-0.05, 0) is 41.8 Å². The van der Waals surface area contributed by atoms with Gasteiger partial charge in [0.2, 0.25) is 5.91 Å². The Bertz CT molecular complexity index is 420. The van der Waals surface area contributed by atoms with Gasteiger partial charge in [-0.25, -0.2) is 0 Å². The standard InChI is InChI=1S/C12H17BrN2OS/c1-12(4-2-3-10(12)14)11(16)15-6-9-5-8(13)7-17-9/h5,7,10H,2-4,6,14H2,1H3,(H,15,16).